The molecule has 0 spiro atoms. The summed E-state index contributed by atoms with van der Waals surface area (Å²) in [5.41, 5.74) is 3.07. The van der Waals surface area contributed by atoms with Crippen molar-refractivity contribution in [2.45, 2.75) is 13.8 Å². The molecule has 0 aliphatic heterocycles. The van der Waals surface area contributed by atoms with E-state index in [-0.39, 0.29) is 0 Å². The normalized spacial score (nSPS) is 10.5. The van der Waals surface area contributed by atoms with Crippen LogP contribution in [0.4, 0.5) is 0 Å². The molecule has 0 unspecified atom stereocenters. The van der Waals surface area contributed by atoms with Crippen LogP contribution in [-0.2, 0) is 7.05 Å². The number of hydrogen-bond acceptors (Lipinski definition) is 3. The van der Waals surface area contributed by atoms with Gasteiger partial charge >= 0.3 is 0 Å². The molecule has 0 atom stereocenters. The Labute approximate surface area is 82.6 Å². The molecule has 2 aromatic heterocycles. The Morgan fingerprint density at radius 3 is 2.57 bits per heavy atom. The molecule has 0 aliphatic rings. The van der Waals surface area contributed by atoms with E-state index in [0.29, 0.717) is 0 Å². The van der Waals surface area contributed by atoms with Gasteiger partial charge in [-0.15, -0.1) is 10.2 Å². The minimum Gasteiger partial charge on any atom is -0.315 e. The van der Waals surface area contributed by atoms with Gasteiger partial charge in [0.25, 0.3) is 0 Å². The number of aryl methyl sites for hydroxylation is 3. The van der Waals surface area contributed by atoms with Crippen LogP contribution in [-0.4, -0.2) is 19.7 Å². The SMILES string of the molecule is Cc1cc(C)nc(-c2nncn2C)c1. The predicted octanol–water partition coefficient (Wildman–Crippen LogP) is 1.49. The first-order valence-corrected chi connectivity index (χ1v) is 4.46. The summed E-state index contributed by atoms with van der Waals surface area (Å²) in [7, 11) is 1.91. The largest absolute Gasteiger partial charge is 0.315 e. The highest BCUT2D eigenvalue weighted by Gasteiger charge is 2.06. The molecule has 2 aromatic rings. The summed E-state index contributed by atoms with van der Waals surface area (Å²) in [6.07, 6.45) is 1.68. The fourth-order valence-corrected chi connectivity index (χ4v) is 1.47. The second kappa shape index (κ2) is 3.21. The average Bonchev–Trinajstić information content (AvgIpc) is 2.49. The van der Waals surface area contributed by atoms with Gasteiger partial charge in [0.15, 0.2) is 5.82 Å². The van der Waals surface area contributed by atoms with Crippen molar-refractivity contribution in [2.75, 3.05) is 0 Å². The molecule has 2 rings (SSSR count). The fourth-order valence-electron chi connectivity index (χ4n) is 1.47. The number of aromatic nitrogens is 4. The van der Waals surface area contributed by atoms with Gasteiger partial charge in [-0.1, -0.05) is 0 Å². The topological polar surface area (TPSA) is 43.6 Å². The summed E-state index contributed by atoms with van der Waals surface area (Å²) >= 11 is 0. The minimum atomic E-state index is 0.803. The molecule has 2 heterocycles. The van der Waals surface area contributed by atoms with Crippen molar-refractivity contribution in [2.24, 2.45) is 7.05 Å². The molecular formula is C10H12N4. The van der Waals surface area contributed by atoms with Crippen LogP contribution in [0.3, 0.4) is 0 Å². The predicted molar refractivity (Wildman–Crippen MR) is 53.7 cm³/mol. The Morgan fingerprint density at radius 2 is 2.00 bits per heavy atom. The lowest BCUT2D eigenvalue weighted by atomic mass is 10.2. The van der Waals surface area contributed by atoms with Crippen molar-refractivity contribution in [3.63, 3.8) is 0 Å². The van der Waals surface area contributed by atoms with E-state index in [0.717, 1.165) is 17.2 Å². The fraction of sp³-hybridized carbons (Fsp3) is 0.300. The molecule has 0 bridgehead atoms. The van der Waals surface area contributed by atoms with Gasteiger partial charge in [0.2, 0.25) is 0 Å². The van der Waals surface area contributed by atoms with Crippen LogP contribution in [0.2, 0.25) is 0 Å². The first-order chi connectivity index (χ1) is 6.66. The molecule has 0 radical (unpaired) electrons. The Kier molecular flexibility index (Phi) is 2.04. The van der Waals surface area contributed by atoms with E-state index in [4.69, 9.17) is 0 Å². The number of pyridine rings is 1. The van der Waals surface area contributed by atoms with Crippen LogP contribution >= 0.6 is 0 Å². The van der Waals surface area contributed by atoms with Crippen LogP contribution in [0.5, 0.6) is 0 Å². The molecule has 0 aliphatic carbocycles. The summed E-state index contributed by atoms with van der Waals surface area (Å²) < 4.78 is 1.86. The van der Waals surface area contributed by atoms with Crippen LogP contribution in [0, 0.1) is 13.8 Å². The van der Waals surface area contributed by atoms with Gasteiger partial charge in [0.05, 0.1) is 0 Å². The molecule has 0 aromatic carbocycles. The standard InChI is InChI=1S/C10H12N4/c1-7-4-8(2)12-9(5-7)10-13-11-6-14(10)3/h4-6H,1-3H3. The quantitative estimate of drug-likeness (QED) is 0.681. The van der Waals surface area contributed by atoms with Gasteiger partial charge < -0.3 is 4.57 Å². The molecular weight excluding hydrogens is 176 g/mol. The first kappa shape index (κ1) is 8.87. The van der Waals surface area contributed by atoms with Crippen molar-refractivity contribution in [1.82, 2.24) is 19.7 Å². The molecule has 14 heavy (non-hydrogen) atoms. The molecule has 0 saturated heterocycles. The third-order valence-electron chi connectivity index (χ3n) is 2.04. The highest BCUT2D eigenvalue weighted by atomic mass is 15.3. The highest BCUT2D eigenvalue weighted by Crippen LogP contribution is 2.15. The van der Waals surface area contributed by atoms with E-state index < -0.39 is 0 Å². The Bertz CT molecular complexity index is 439. The maximum atomic E-state index is 4.41. The van der Waals surface area contributed by atoms with Crippen molar-refractivity contribution in [3.05, 3.63) is 29.7 Å². The van der Waals surface area contributed by atoms with Gasteiger partial charge in [-0.25, -0.2) is 4.98 Å². The van der Waals surface area contributed by atoms with Crippen molar-refractivity contribution in [1.29, 1.82) is 0 Å². The lowest BCUT2D eigenvalue weighted by molar-refractivity contribution is 0.911. The Morgan fingerprint density at radius 1 is 1.21 bits per heavy atom. The zero-order valence-corrected chi connectivity index (χ0v) is 8.52. The summed E-state index contributed by atoms with van der Waals surface area (Å²) in [6, 6.07) is 4.05. The van der Waals surface area contributed by atoms with E-state index in [2.05, 4.69) is 22.1 Å². The number of nitrogens with zero attached hydrogens (tertiary/aromatic N) is 4. The van der Waals surface area contributed by atoms with Crippen LogP contribution in [0.1, 0.15) is 11.3 Å². The lowest BCUT2D eigenvalue weighted by Gasteiger charge is -2.02. The monoisotopic (exact) mass is 188 g/mol. The maximum Gasteiger partial charge on any atom is 0.182 e. The summed E-state index contributed by atoms with van der Waals surface area (Å²) in [5.74, 6) is 0.803. The smallest absolute Gasteiger partial charge is 0.182 e. The van der Waals surface area contributed by atoms with Crippen LogP contribution in [0.15, 0.2) is 18.5 Å². The third kappa shape index (κ3) is 1.51. The van der Waals surface area contributed by atoms with Gasteiger partial charge in [-0.3, -0.25) is 0 Å². The molecule has 0 saturated carbocycles. The van der Waals surface area contributed by atoms with Gasteiger partial charge in [0.1, 0.15) is 12.0 Å². The Hall–Kier alpha value is -1.71. The van der Waals surface area contributed by atoms with E-state index in [1.165, 1.54) is 5.56 Å². The van der Waals surface area contributed by atoms with Gasteiger partial charge in [-0.05, 0) is 31.5 Å². The molecule has 4 heteroatoms. The van der Waals surface area contributed by atoms with E-state index in [9.17, 15) is 0 Å². The van der Waals surface area contributed by atoms with Crippen molar-refractivity contribution >= 4 is 0 Å². The second-order valence-corrected chi connectivity index (χ2v) is 3.44. The molecule has 0 N–H and O–H groups in total. The molecule has 72 valence electrons. The van der Waals surface area contributed by atoms with Gasteiger partial charge in [0, 0.05) is 12.7 Å². The summed E-state index contributed by atoms with van der Waals surface area (Å²) in [6.45, 7) is 4.03. The average molecular weight is 188 g/mol. The summed E-state index contributed by atoms with van der Waals surface area (Å²) in [5, 5.41) is 7.85. The third-order valence-corrected chi connectivity index (χ3v) is 2.04. The number of rotatable bonds is 1. The highest BCUT2D eigenvalue weighted by molar-refractivity contribution is 5.50. The lowest BCUT2D eigenvalue weighted by Crippen LogP contribution is -1.95. The van der Waals surface area contributed by atoms with E-state index in [1.54, 1.807) is 6.33 Å². The van der Waals surface area contributed by atoms with Gasteiger partial charge in [-0.2, -0.15) is 0 Å². The number of hydrogen-bond donors (Lipinski definition) is 0. The zero-order chi connectivity index (χ0) is 10.1. The zero-order valence-electron chi connectivity index (χ0n) is 8.52. The van der Waals surface area contributed by atoms with E-state index >= 15 is 0 Å². The van der Waals surface area contributed by atoms with Crippen molar-refractivity contribution < 1.29 is 0 Å². The molecule has 0 fully saturated rings. The van der Waals surface area contributed by atoms with Crippen LogP contribution in [0.25, 0.3) is 11.5 Å². The molecule has 0 amide bonds. The second-order valence-electron chi connectivity index (χ2n) is 3.44. The first-order valence-electron chi connectivity index (χ1n) is 4.46. The maximum absolute atomic E-state index is 4.41. The summed E-state index contributed by atoms with van der Waals surface area (Å²) in [4.78, 5) is 4.41. The minimum absolute atomic E-state index is 0.803. The molecule has 4 nitrogen and oxygen atoms in total. The van der Waals surface area contributed by atoms with Crippen LogP contribution < -0.4 is 0 Å². The van der Waals surface area contributed by atoms with E-state index in [1.807, 2.05) is 30.7 Å². The van der Waals surface area contributed by atoms with Crippen molar-refractivity contribution in [3.8, 4) is 11.5 Å². The Balaban J connectivity index is 2.57.